The van der Waals surface area contributed by atoms with Gasteiger partial charge in [-0.25, -0.2) is 29.3 Å². The molecule has 0 saturated carbocycles. The standard InChI is InChI=1S/C10H12BrCl2NO2Si.C7H4BrCl2NO2.C6H2BrCl2NO2/c1-17(2,3)5-16-10(15)8-6(11)4-7(12)14-9(8)13;1-13-7(12)5-3(8)2-4(9)11-6(5)10;7-2-1-3(8)10-5(9)4(2)6(11)12/h4H,5H2,1-3H3;2H,1H3;1H,(H,11,12). The number of carbonyl (C=O) groups excluding carboxylic acids is 2. The molecule has 0 aliphatic carbocycles. The van der Waals surface area contributed by atoms with Crippen molar-refractivity contribution in [3.05, 3.63) is 79.2 Å². The lowest BCUT2D eigenvalue weighted by Crippen LogP contribution is -2.30. The summed E-state index contributed by atoms with van der Waals surface area (Å²) in [5, 5.41) is 9.17. The minimum atomic E-state index is -1.45. The first-order valence-corrected chi connectivity index (χ1v) is 19.2. The highest BCUT2D eigenvalue weighted by Gasteiger charge is 2.22. The molecule has 0 atom stereocenters. The van der Waals surface area contributed by atoms with Crippen LogP contribution in [0.4, 0.5) is 0 Å². The normalized spacial score (nSPS) is 10.5. The molecule has 3 heterocycles. The van der Waals surface area contributed by atoms with E-state index in [1.54, 1.807) is 0 Å². The largest absolute Gasteiger partial charge is 0.478 e. The minimum absolute atomic E-state index is 0.0197. The molecule has 1 N–H and O–H groups in total. The number of ether oxygens (including phenoxy) is 2. The molecule has 0 bridgehead atoms. The van der Waals surface area contributed by atoms with Crippen molar-refractivity contribution >= 4 is 143 Å². The lowest BCUT2D eigenvalue weighted by Gasteiger charge is -2.16. The Labute approximate surface area is 296 Å². The molecule has 0 radical (unpaired) electrons. The van der Waals surface area contributed by atoms with Gasteiger partial charge >= 0.3 is 17.9 Å². The van der Waals surface area contributed by atoms with Crippen LogP contribution in [0, 0.1) is 0 Å². The van der Waals surface area contributed by atoms with E-state index in [1.165, 1.54) is 25.3 Å². The van der Waals surface area contributed by atoms with Crippen LogP contribution in [0.2, 0.25) is 50.6 Å². The third-order valence-corrected chi connectivity index (χ3v) is 8.42. The van der Waals surface area contributed by atoms with E-state index in [2.05, 4.69) is 87.1 Å². The maximum atomic E-state index is 11.8. The summed E-state index contributed by atoms with van der Waals surface area (Å²) in [6.07, 6.45) is 0.442. The zero-order valence-corrected chi connectivity index (χ0v) is 32.0. The summed E-state index contributed by atoms with van der Waals surface area (Å²) in [5.41, 5.74) is 0.309. The van der Waals surface area contributed by atoms with Gasteiger partial charge < -0.3 is 14.6 Å². The van der Waals surface area contributed by atoms with Gasteiger partial charge in [0.05, 0.1) is 21.4 Å². The molecule has 42 heavy (non-hydrogen) atoms. The molecule has 3 rings (SSSR count). The number of nitrogens with zero attached hydrogens (tertiary/aromatic N) is 3. The number of halogens is 9. The third kappa shape index (κ3) is 12.7. The molecule has 3 aromatic rings. The van der Waals surface area contributed by atoms with Crippen molar-refractivity contribution in [1.29, 1.82) is 0 Å². The zero-order valence-electron chi connectivity index (χ0n) is 21.7. The van der Waals surface area contributed by atoms with Gasteiger partial charge in [-0.2, -0.15) is 0 Å². The van der Waals surface area contributed by atoms with Crippen LogP contribution in [0.1, 0.15) is 31.1 Å². The number of aromatic nitrogens is 3. The van der Waals surface area contributed by atoms with Crippen molar-refractivity contribution in [1.82, 2.24) is 15.0 Å². The number of esters is 2. The van der Waals surface area contributed by atoms with E-state index in [0.29, 0.717) is 19.6 Å². The van der Waals surface area contributed by atoms with Crippen molar-refractivity contribution in [2.75, 3.05) is 13.3 Å². The predicted molar refractivity (Wildman–Crippen MR) is 178 cm³/mol. The highest BCUT2D eigenvalue weighted by molar-refractivity contribution is 9.11. The first-order chi connectivity index (χ1) is 19.3. The van der Waals surface area contributed by atoms with E-state index in [1.807, 2.05) is 0 Å². The Morgan fingerprint density at radius 2 is 1.05 bits per heavy atom. The van der Waals surface area contributed by atoms with Gasteiger partial charge in [0.25, 0.3) is 0 Å². The Bertz CT molecular complexity index is 1430. The average Bonchev–Trinajstić information content (AvgIpc) is 2.80. The smallest absolute Gasteiger partial charge is 0.342 e. The highest BCUT2D eigenvalue weighted by atomic mass is 79.9. The van der Waals surface area contributed by atoms with E-state index in [0.717, 1.165) is 0 Å². The lowest BCUT2D eigenvalue weighted by molar-refractivity contribution is 0.0561. The number of methoxy groups -OCH3 is 1. The van der Waals surface area contributed by atoms with E-state index in [4.69, 9.17) is 79.4 Å². The summed E-state index contributed by atoms with van der Waals surface area (Å²) in [6.45, 7) is 6.32. The van der Waals surface area contributed by atoms with Crippen molar-refractivity contribution in [2.24, 2.45) is 0 Å². The van der Waals surface area contributed by atoms with Crippen LogP contribution in [0.5, 0.6) is 0 Å². The quantitative estimate of drug-likeness (QED) is 0.151. The van der Waals surface area contributed by atoms with Crippen molar-refractivity contribution in [3.8, 4) is 0 Å². The van der Waals surface area contributed by atoms with Gasteiger partial charge in [-0.3, -0.25) is 0 Å². The second-order valence-electron chi connectivity index (χ2n) is 8.71. The van der Waals surface area contributed by atoms with Gasteiger partial charge in [0.2, 0.25) is 0 Å². The van der Waals surface area contributed by atoms with E-state index in [9.17, 15) is 14.4 Å². The maximum Gasteiger partial charge on any atom is 0.342 e. The molecule has 0 aromatic carbocycles. The van der Waals surface area contributed by atoms with Crippen molar-refractivity contribution < 1.29 is 29.0 Å². The first-order valence-electron chi connectivity index (χ1n) is 10.8. The van der Waals surface area contributed by atoms with Gasteiger partial charge in [0.15, 0.2) is 0 Å². The number of carboxylic acid groups (broad SMARTS) is 1. The van der Waals surface area contributed by atoms with Gasteiger partial charge in [0.1, 0.15) is 47.6 Å². The molecule has 0 amide bonds. The zero-order chi connectivity index (χ0) is 32.5. The molecule has 228 valence electrons. The topological polar surface area (TPSA) is 129 Å². The van der Waals surface area contributed by atoms with Crippen LogP contribution in [0.25, 0.3) is 0 Å². The number of pyridine rings is 3. The van der Waals surface area contributed by atoms with Crippen LogP contribution in [0.15, 0.2) is 31.6 Å². The molecule has 0 aliphatic heterocycles. The Hall–Kier alpha value is -0.743. The SMILES string of the molecule is COC(=O)c1c(Br)cc(Cl)nc1Cl.C[Si](C)(C)COC(=O)c1c(Br)cc(Cl)nc1Cl.O=C(O)c1c(Br)cc(Cl)nc1Cl. The van der Waals surface area contributed by atoms with E-state index < -0.39 is 26.0 Å². The molecule has 3 aromatic heterocycles. The number of rotatable bonds is 5. The van der Waals surface area contributed by atoms with Gasteiger partial charge in [0, 0.05) is 13.4 Å². The summed E-state index contributed by atoms with van der Waals surface area (Å²) in [6, 6.07) is 4.36. The van der Waals surface area contributed by atoms with Crippen LogP contribution in [-0.2, 0) is 9.47 Å². The summed E-state index contributed by atoms with van der Waals surface area (Å²) in [7, 11) is -0.183. The van der Waals surface area contributed by atoms with Gasteiger partial charge in [-0.15, -0.1) is 0 Å². The molecular formula is C23H18Br3Cl6N3O6Si. The number of carbonyl (C=O) groups is 3. The monoisotopic (exact) mass is 907 g/mol. The van der Waals surface area contributed by atoms with Crippen LogP contribution < -0.4 is 0 Å². The molecular weight excluding hydrogens is 895 g/mol. The van der Waals surface area contributed by atoms with Gasteiger partial charge in [-0.1, -0.05) is 89.2 Å². The molecule has 0 fully saturated rings. The van der Waals surface area contributed by atoms with Crippen LogP contribution >= 0.6 is 117 Å². The Morgan fingerprint density at radius 3 is 1.33 bits per heavy atom. The summed E-state index contributed by atoms with van der Waals surface area (Å²) < 4.78 is 11.0. The van der Waals surface area contributed by atoms with E-state index >= 15 is 0 Å². The number of aromatic carboxylic acids is 1. The molecule has 19 heteroatoms. The second-order valence-corrected chi connectivity index (χ2v) is 18.9. The average molecular weight is 913 g/mol. The van der Waals surface area contributed by atoms with Crippen molar-refractivity contribution in [2.45, 2.75) is 19.6 Å². The Kier molecular flexibility index (Phi) is 16.5. The Balaban J connectivity index is 0.000000321. The highest BCUT2D eigenvalue weighted by Crippen LogP contribution is 2.28. The lowest BCUT2D eigenvalue weighted by atomic mass is 10.3. The number of carboxylic acids is 1. The van der Waals surface area contributed by atoms with Crippen LogP contribution in [-0.4, -0.2) is 59.4 Å². The van der Waals surface area contributed by atoms with Crippen LogP contribution in [0.3, 0.4) is 0 Å². The van der Waals surface area contributed by atoms with Crippen molar-refractivity contribution in [3.63, 3.8) is 0 Å². The fourth-order valence-electron chi connectivity index (χ4n) is 2.38. The number of hydrogen-bond donors (Lipinski definition) is 1. The van der Waals surface area contributed by atoms with Gasteiger partial charge in [-0.05, 0) is 66.0 Å². The minimum Gasteiger partial charge on any atom is -0.478 e. The third-order valence-electron chi connectivity index (χ3n) is 4.13. The first kappa shape index (κ1) is 39.3. The Morgan fingerprint density at radius 1 is 0.714 bits per heavy atom. The summed E-state index contributed by atoms with van der Waals surface area (Å²) in [5.74, 6) is -2.18. The second kappa shape index (κ2) is 17.7. The van der Waals surface area contributed by atoms with E-state index in [-0.39, 0.29) is 47.6 Å². The summed E-state index contributed by atoms with van der Waals surface area (Å²) in [4.78, 5) is 44.6. The molecule has 0 aliphatic rings. The molecule has 0 saturated heterocycles. The maximum absolute atomic E-state index is 11.8. The molecule has 0 unspecified atom stereocenters. The molecule has 9 nitrogen and oxygen atoms in total. The summed E-state index contributed by atoms with van der Waals surface area (Å²) >= 11 is 43.2. The predicted octanol–water partition coefficient (Wildman–Crippen LogP) is 9.97. The number of hydrogen-bond acceptors (Lipinski definition) is 8. The molecule has 0 spiro atoms. The fraction of sp³-hybridized carbons (Fsp3) is 0.217. The fourth-order valence-corrected chi connectivity index (χ4v) is 6.92.